The van der Waals surface area contributed by atoms with E-state index in [1.54, 1.807) is 0 Å². The minimum absolute atomic E-state index is 0. The molecule has 1 fully saturated rings. The van der Waals surface area contributed by atoms with Gasteiger partial charge < -0.3 is 15.5 Å². The van der Waals surface area contributed by atoms with E-state index in [0.717, 1.165) is 70.8 Å². The van der Waals surface area contributed by atoms with Gasteiger partial charge in [-0.2, -0.15) is 0 Å². The number of aliphatic imine (C=N–C) groups is 1. The predicted molar refractivity (Wildman–Crippen MR) is 122 cm³/mol. The zero-order valence-electron chi connectivity index (χ0n) is 16.4. The van der Waals surface area contributed by atoms with E-state index in [0.29, 0.717) is 11.8 Å². The Morgan fingerprint density at radius 3 is 2.89 bits per heavy atom. The van der Waals surface area contributed by atoms with Crippen LogP contribution in [-0.4, -0.2) is 49.5 Å². The topological polar surface area (TPSA) is 56.7 Å². The summed E-state index contributed by atoms with van der Waals surface area (Å²) in [5.74, 6) is 1.77. The molecule has 0 saturated carbocycles. The van der Waals surface area contributed by atoms with Crippen molar-refractivity contribution in [3.05, 3.63) is 35.4 Å². The standard InChI is InChI=1S/C21H32N4O.HI/c1-2-22-21(24-16-18-15-17-9-5-6-10-19(17)18)23-12-8-14-25-13-7-3-4-11-20(25)26;/h5-6,9-10,18H,2-4,7-8,11-16H2,1H3,(H2,22,23,24);1H. The number of halogens is 1. The van der Waals surface area contributed by atoms with Gasteiger partial charge in [-0.1, -0.05) is 30.7 Å². The van der Waals surface area contributed by atoms with E-state index in [9.17, 15) is 4.79 Å². The third-order valence-corrected chi connectivity index (χ3v) is 5.34. The van der Waals surface area contributed by atoms with Gasteiger partial charge in [0.05, 0.1) is 0 Å². The Hall–Kier alpha value is -1.31. The van der Waals surface area contributed by atoms with Gasteiger partial charge in [0.25, 0.3) is 0 Å². The lowest BCUT2D eigenvalue weighted by Gasteiger charge is -2.29. The van der Waals surface area contributed by atoms with Crippen LogP contribution in [0.25, 0.3) is 0 Å². The Balaban J connectivity index is 0.00000261. The quantitative estimate of drug-likeness (QED) is 0.270. The summed E-state index contributed by atoms with van der Waals surface area (Å²) in [5, 5.41) is 6.74. The molecule has 1 aliphatic carbocycles. The number of hydrogen-bond acceptors (Lipinski definition) is 2. The lowest BCUT2D eigenvalue weighted by atomic mass is 9.78. The van der Waals surface area contributed by atoms with Gasteiger partial charge in [0.2, 0.25) is 5.91 Å². The number of fused-ring (bicyclic) bond motifs is 1. The number of carbonyl (C=O) groups excluding carboxylic acids is 1. The molecule has 1 atom stereocenters. The second kappa shape index (κ2) is 11.5. The molecule has 0 aromatic heterocycles. The summed E-state index contributed by atoms with van der Waals surface area (Å²) < 4.78 is 0. The second-order valence-electron chi connectivity index (χ2n) is 7.29. The molecule has 0 spiro atoms. The van der Waals surface area contributed by atoms with Crippen molar-refractivity contribution in [3.8, 4) is 0 Å². The monoisotopic (exact) mass is 484 g/mol. The number of hydrogen-bond donors (Lipinski definition) is 2. The molecule has 1 saturated heterocycles. The number of rotatable bonds is 7. The molecule has 1 aromatic carbocycles. The van der Waals surface area contributed by atoms with E-state index in [2.05, 4.69) is 41.8 Å². The molecule has 1 aromatic rings. The fraction of sp³-hybridized carbons (Fsp3) is 0.619. The smallest absolute Gasteiger partial charge is 0.222 e. The summed E-state index contributed by atoms with van der Waals surface area (Å²) >= 11 is 0. The highest BCUT2D eigenvalue weighted by Crippen LogP contribution is 2.34. The van der Waals surface area contributed by atoms with Gasteiger partial charge in [0, 0.05) is 45.1 Å². The lowest BCUT2D eigenvalue weighted by Crippen LogP contribution is -2.40. The number of guanidine groups is 1. The fourth-order valence-electron chi connectivity index (χ4n) is 3.82. The molecule has 1 unspecified atom stereocenters. The third kappa shape index (κ3) is 6.36. The molecule has 2 aliphatic rings. The summed E-state index contributed by atoms with van der Waals surface area (Å²) in [6.45, 7) is 6.40. The zero-order chi connectivity index (χ0) is 18.2. The molecule has 1 heterocycles. The van der Waals surface area contributed by atoms with Crippen LogP contribution in [0.2, 0.25) is 0 Å². The van der Waals surface area contributed by atoms with Crippen LogP contribution in [-0.2, 0) is 11.2 Å². The van der Waals surface area contributed by atoms with Crippen LogP contribution in [0.15, 0.2) is 29.3 Å². The highest BCUT2D eigenvalue weighted by atomic mass is 127. The van der Waals surface area contributed by atoms with E-state index in [4.69, 9.17) is 4.99 Å². The van der Waals surface area contributed by atoms with Gasteiger partial charge in [0.1, 0.15) is 0 Å². The number of nitrogens with one attached hydrogen (secondary N) is 2. The maximum Gasteiger partial charge on any atom is 0.222 e. The van der Waals surface area contributed by atoms with Crippen molar-refractivity contribution in [2.24, 2.45) is 4.99 Å². The predicted octanol–water partition coefficient (Wildman–Crippen LogP) is 3.29. The number of benzene rings is 1. The first-order valence-corrected chi connectivity index (χ1v) is 10.2. The average Bonchev–Trinajstić information content (AvgIpc) is 2.83. The largest absolute Gasteiger partial charge is 0.357 e. The summed E-state index contributed by atoms with van der Waals surface area (Å²) in [6.07, 6.45) is 6.20. The van der Waals surface area contributed by atoms with Crippen molar-refractivity contribution in [1.29, 1.82) is 0 Å². The van der Waals surface area contributed by atoms with Gasteiger partial charge in [-0.3, -0.25) is 9.79 Å². The van der Waals surface area contributed by atoms with Gasteiger partial charge >= 0.3 is 0 Å². The van der Waals surface area contributed by atoms with E-state index >= 15 is 0 Å². The Kier molecular flexibility index (Phi) is 9.38. The van der Waals surface area contributed by atoms with Gasteiger partial charge in [-0.15, -0.1) is 24.0 Å². The number of nitrogens with zero attached hydrogens (tertiary/aromatic N) is 2. The molecule has 0 bridgehead atoms. The van der Waals surface area contributed by atoms with Gasteiger partial charge in [-0.25, -0.2) is 0 Å². The van der Waals surface area contributed by atoms with E-state index < -0.39 is 0 Å². The van der Waals surface area contributed by atoms with Crippen LogP contribution in [0, 0.1) is 0 Å². The Morgan fingerprint density at radius 2 is 2.07 bits per heavy atom. The summed E-state index contributed by atoms with van der Waals surface area (Å²) in [6, 6.07) is 8.65. The van der Waals surface area contributed by atoms with E-state index in [1.807, 2.05) is 4.90 Å². The number of likely N-dealkylation sites (tertiary alicyclic amines) is 1. The van der Waals surface area contributed by atoms with Crippen LogP contribution >= 0.6 is 24.0 Å². The van der Waals surface area contributed by atoms with Crippen LogP contribution in [0.5, 0.6) is 0 Å². The maximum atomic E-state index is 12.0. The van der Waals surface area contributed by atoms with Gasteiger partial charge in [0.15, 0.2) is 5.96 Å². The Morgan fingerprint density at radius 1 is 1.22 bits per heavy atom. The lowest BCUT2D eigenvalue weighted by molar-refractivity contribution is -0.130. The first kappa shape index (κ1) is 22.0. The third-order valence-electron chi connectivity index (χ3n) is 5.34. The van der Waals surface area contributed by atoms with Crippen LogP contribution < -0.4 is 10.6 Å². The summed E-state index contributed by atoms with van der Waals surface area (Å²) in [5.41, 5.74) is 2.92. The van der Waals surface area contributed by atoms with Crippen LogP contribution in [0.1, 0.15) is 56.1 Å². The van der Waals surface area contributed by atoms with Crippen molar-refractivity contribution in [3.63, 3.8) is 0 Å². The molecular formula is C21H33IN4O. The molecule has 5 nitrogen and oxygen atoms in total. The molecule has 150 valence electrons. The minimum atomic E-state index is 0. The first-order chi connectivity index (χ1) is 12.8. The molecule has 1 amide bonds. The highest BCUT2D eigenvalue weighted by molar-refractivity contribution is 14.0. The minimum Gasteiger partial charge on any atom is -0.357 e. The Labute approximate surface area is 180 Å². The van der Waals surface area contributed by atoms with E-state index in [-0.39, 0.29) is 24.0 Å². The van der Waals surface area contributed by atoms with Crippen molar-refractivity contribution >= 4 is 35.8 Å². The molecule has 2 N–H and O–H groups in total. The second-order valence-corrected chi connectivity index (χ2v) is 7.29. The summed E-state index contributed by atoms with van der Waals surface area (Å²) in [7, 11) is 0. The number of amides is 1. The van der Waals surface area contributed by atoms with E-state index in [1.165, 1.54) is 17.5 Å². The van der Waals surface area contributed by atoms with Crippen molar-refractivity contribution < 1.29 is 4.79 Å². The Bertz CT molecular complexity index is 634. The molecule has 27 heavy (non-hydrogen) atoms. The van der Waals surface area contributed by atoms with Crippen molar-refractivity contribution in [2.75, 3.05) is 32.7 Å². The van der Waals surface area contributed by atoms with Gasteiger partial charge in [-0.05, 0) is 43.7 Å². The first-order valence-electron chi connectivity index (χ1n) is 10.2. The SMILES string of the molecule is CCNC(=NCC1Cc2ccccc21)NCCCN1CCCCCC1=O.I. The molecule has 1 aliphatic heterocycles. The molecule has 3 rings (SSSR count). The average molecular weight is 484 g/mol. The van der Waals surface area contributed by atoms with Crippen molar-refractivity contribution in [1.82, 2.24) is 15.5 Å². The van der Waals surface area contributed by atoms with Crippen LogP contribution in [0.3, 0.4) is 0 Å². The maximum absolute atomic E-state index is 12.0. The number of carbonyl (C=O) groups is 1. The molecule has 0 radical (unpaired) electrons. The zero-order valence-corrected chi connectivity index (χ0v) is 18.7. The highest BCUT2D eigenvalue weighted by Gasteiger charge is 2.24. The fourth-order valence-corrected chi connectivity index (χ4v) is 3.82. The summed E-state index contributed by atoms with van der Waals surface area (Å²) in [4.78, 5) is 18.8. The van der Waals surface area contributed by atoms with Crippen molar-refractivity contribution in [2.45, 2.75) is 51.4 Å². The molecular weight excluding hydrogens is 451 g/mol. The molecule has 6 heteroatoms. The van der Waals surface area contributed by atoms with Crippen LogP contribution in [0.4, 0.5) is 0 Å². The normalized spacial score (nSPS) is 19.4.